The minimum atomic E-state index is 0.848. The van der Waals surface area contributed by atoms with Crippen molar-refractivity contribution in [2.45, 2.75) is 24.7 Å². The van der Waals surface area contributed by atoms with Crippen molar-refractivity contribution >= 4 is 39.0 Å². The largest absolute Gasteiger partial charge is 0.381 e. The normalized spacial score (nSPS) is 11.0. The van der Waals surface area contributed by atoms with Gasteiger partial charge in [0, 0.05) is 12.2 Å². The zero-order valence-corrected chi connectivity index (χ0v) is 14.1. The van der Waals surface area contributed by atoms with Gasteiger partial charge in [-0.2, -0.15) is 0 Å². The van der Waals surface area contributed by atoms with Crippen molar-refractivity contribution in [3.63, 3.8) is 0 Å². The Morgan fingerprint density at radius 1 is 1.10 bits per heavy atom. The van der Waals surface area contributed by atoms with Gasteiger partial charge in [-0.1, -0.05) is 30.0 Å². The van der Waals surface area contributed by atoms with E-state index in [1.165, 1.54) is 21.4 Å². The molecule has 3 rings (SSSR count). The van der Waals surface area contributed by atoms with E-state index in [2.05, 4.69) is 66.8 Å². The fourth-order valence-electron chi connectivity index (χ4n) is 2.22. The molecule has 0 bridgehead atoms. The maximum atomic E-state index is 4.57. The summed E-state index contributed by atoms with van der Waals surface area (Å²) in [5.41, 5.74) is 6.23. The molecule has 0 saturated heterocycles. The molecule has 0 aliphatic carbocycles. The number of nitrogens with zero attached hydrogens (tertiary/aromatic N) is 1. The second kappa shape index (κ2) is 6.08. The number of hydrogen-bond acceptors (Lipinski definition) is 4. The number of rotatable bonds is 4. The van der Waals surface area contributed by atoms with Gasteiger partial charge in [-0.25, -0.2) is 4.98 Å². The highest BCUT2D eigenvalue weighted by molar-refractivity contribution is 8.00. The van der Waals surface area contributed by atoms with Gasteiger partial charge in [-0.05, 0) is 55.0 Å². The molecule has 0 radical (unpaired) electrons. The Morgan fingerprint density at radius 3 is 2.71 bits per heavy atom. The molecule has 2 nitrogen and oxygen atoms in total. The number of fused-ring (bicyclic) bond motifs is 1. The smallest absolute Gasteiger partial charge is 0.150 e. The number of thioether (sulfide) groups is 1. The maximum absolute atomic E-state index is 4.57. The van der Waals surface area contributed by atoms with Crippen LogP contribution in [-0.4, -0.2) is 11.2 Å². The van der Waals surface area contributed by atoms with Crippen LogP contribution >= 0.6 is 23.1 Å². The monoisotopic (exact) mass is 314 g/mol. The summed E-state index contributed by atoms with van der Waals surface area (Å²) >= 11 is 3.45. The minimum Gasteiger partial charge on any atom is -0.381 e. The Hall–Kier alpha value is -1.52. The Balaban J connectivity index is 1.76. The van der Waals surface area contributed by atoms with Crippen molar-refractivity contribution in [1.29, 1.82) is 0 Å². The van der Waals surface area contributed by atoms with Crippen molar-refractivity contribution in [3.8, 4) is 0 Å². The second-order valence-electron chi connectivity index (χ2n) is 5.14. The second-order valence-corrected chi connectivity index (χ2v) is 7.22. The fraction of sp³-hybridized carbons (Fsp3) is 0.235. The molecule has 108 valence electrons. The van der Waals surface area contributed by atoms with E-state index in [0.717, 1.165) is 22.1 Å². The molecule has 0 atom stereocenters. The molecule has 1 N–H and O–H groups in total. The van der Waals surface area contributed by atoms with Crippen molar-refractivity contribution in [2.75, 3.05) is 11.6 Å². The van der Waals surface area contributed by atoms with Crippen LogP contribution in [0.2, 0.25) is 0 Å². The number of hydrogen-bond donors (Lipinski definition) is 1. The van der Waals surface area contributed by atoms with Crippen molar-refractivity contribution in [3.05, 3.63) is 53.1 Å². The molecule has 0 spiro atoms. The number of aromatic nitrogens is 1. The summed E-state index contributed by atoms with van der Waals surface area (Å²) < 4.78 is 2.36. The molecule has 0 fully saturated rings. The van der Waals surface area contributed by atoms with Gasteiger partial charge in [0.1, 0.15) is 0 Å². The number of thiazole rings is 1. The molecule has 0 saturated carbocycles. The first-order valence-electron chi connectivity index (χ1n) is 6.90. The number of aryl methyl sites for hydroxylation is 2. The topological polar surface area (TPSA) is 24.9 Å². The lowest BCUT2D eigenvalue weighted by Gasteiger charge is -2.08. The van der Waals surface area contributed by atoms with E-state index in [1.807, 2.05) is 0 Å². The van der Waals surface area contributed by atoms with Crippen LogP contribution in [0, 0.1) is 13.8 Å². The van der Waals surface area contributed by atoms with Crippen LogP contribution in [0.25, 0.3) is 10.2 Å². The zero-order chi connectivity index (χ0) is 14.8. The molecule has 0 amide bonds. The van der Waals surface area contributed by atoms with Crippen molar-refractivity contribution in [1.82, 2.24) is 4.98 Å². The lowest BCUT2D eigenvalue weighted by atomic mass is 10.1. The molecule has 0 unspecified atom stereocenters. The SMILES string of the molecule is CSc1nc2ccc(NCc3ccc(C)c(C)c3)cc2s1. The molecule has 2 aromatic carbocycles. The van der Waals surface area contributed by atoms with Gasteiger partial charge in [0.25, 0.3) is 0 Å². The summed E-state index contributed by atoms with van der Waals surface area (Å²) in [6, 6.07) is 13.0. The number of anilines is 1. The molecule has 4 heteroatoms. The highest BCUT2D eigenvalue weighted by Crippen LogP contribution is 2.30. The van der Waals surface area contributed by atoms with E-state index in [4.69, 9.17) is 0 Å². The van der Waals surface area contributed by atoms with Gasteiger partial charge in [-0.3, -0.25) is 0 Å². The summed E-state index contributed by atoms with van der Waals surface area (Å²) in [7, 11) is 0. The Labute approximate surface area is 133 Å². The molecule has 1 heterocycles. The number of nitrogens with one attached hydrogen (secondary N) is 1. The van der Waals surface area contributed by atoms with Crippen LogP contribution in [-0.2, 0) is 6.54 Å². The molecule has 0 aliphatic rings. The third-order valence-electron chi connectivity index (χ3n) is 3.61. The predicted molar refractivity (Wildman–Crippen MR) is 94.6 cm³/mol. The quantitative estimate of drug-likeness (QED) is 0.666. The van der Waals surface area contributed by atoms with Crippen LogP contribution < -0.4 is 5.32 Å². The van der Waals surface area contributed by atoms with Crippen LogP contribution in [0.3, 0.4) is 0 Å². The third kappa shape index (κ3) is 3.22. The first-order valence-corrected chi connectivity index (χ1v) is 8.94. The molecule has 3 aromatic rings. The van der Waals surface area contributed by atoms with Crippen LogP contribution in [0.4, 0.5) is 5.69 Å². The molecular formula is C17H18N2S2. The zero-order valence-electron chi connectivity index (χ0n) is 12.4. The van der Waals surface area contributed by atoms with Crippen molar-refractivity contribution in [2.24, 2.45) is 0 Å². The van der Waals surface area contributed by atoms with Gasteiger partial charge in [0.2, 0.25) is 0 Å². The van der Waals surface area contributed by atoms with Crippen LogP contribution in [0.1, 0.15) is 16.7 Å². The van der Waals surface area contributed by atoms with E-state index < -0.39 is 0 Å². The standard InChI is InChI=1S/C17H18N2S2/c1-11-4-5-13(8-12(11)2)10-18-14-6-7-15-16(9-14)21-17(19-15)20-3/h4-9,18H,10H2,1-3H3. The average Bonchev–Trinajstić information content (AvgIpc) is 2.90. The van der Waals surface area contributed by atoms with Crippen LogP contribution in [0.15, 0.2) is 40.7 Å². The summed E-state index contributed by atoms with van der Waals surface area (Å²) in [4.78, 5) is 4.57. The third-order valence-corrected chi connectivity index (χ3v) is 5.61. The number of benzene rings is 2. The summed E-state index contributed by atoms with van der Waals surface area (Å²) in [6.45, 7) is 5.15. The van der Waals surface area contributed by atoms with Crippen LogP contribution in [0.5, 0.6) is 0 Å². The van der Waals surface area contributed by atoms with E-state index in [1.54, 1.807) is 23.1 Å². The van der Waals surface area contributed by atoms with Gasteiger partial charge in [0.15, 0.2) is 4.34 Å². The molecular weight excluding hydrogens is 296 g/mol. The maximum Gasteiger partial charge on any atom is 0.150 e. The van der Waals surface area contributed by atoms with Crippen molar-refractivity contribution < 1.29 is 0 Å². The summed E-state index contributed by atoms with van der Waals surface area (Å²) in [5.74, 6) is 0. The van der Waals surface area contributed by atoms with E-state index in [0.29, 0.717) is 0 Å². The molecule has 0 aliphatic heterocycles. The van der Waals surface area contributed by atoms with Gasteiger partial charge < -0.3 is 5.32 Å². The first kappa shape index (κ1) is 14.4. The average molecular weight is 314 g/mol. The van der Waals surface area contributed by atoms with Gasteiger partial charge >= 0.3 is 0 Å². The van der Waals surface area contributed by atoms with E-state index >= 15 is 0 Å². The lowest BCUT2D eigenvalue weighted by molar-refractivity contribution is 1.13. The highest BCUT2D eigenvalue weighted by atomic mass is 32.2. The van der Waals surface area contributed by atoms with E-state index in [-0.39, 0.29) is 0 Å². The summed E-state index contributed by atoms with van der Waals surface area (Å²) in [5, 5.41) is 3.50. The Morgan fingerprint density at radius 2 is 1.95 bits per heavy atom. The Kier molecular flexibility index (Phi) is 4.17. The minimum absolute atomic E-state index is 0.848. The first-order chi connectivity index (χ1) is 10.2. The van der Waals surface area contributed by atoms with Gasteiger partial charge in [0.05, 0.1) is 10.2 Å². The Bertz CT molecular complexity index is 778. The predicted octanol–water partition coefficient (Wildman–Crippen LogP) is 5.25. The van der Waals surface area contributed by atoms with E-state index in [9.17, 15) is 0 Å². The molecule has 1 aromatic heterocycles. The lowest BCUT2D eigenvalue weighted by Crippen LogP contribution is -1.99. The molecule has 21 heavy (non-hydrogen) atoms. The fourth-order valence-corrected chi connectivity index (χ4v) is 3.75. The summed E-state index contributed by atoms with van der Waals surface area (Å²) in [6.07, 6.45) is 2.07. The highest BCUT2D eigenvalue weighted by Gasteiger charge is 2.04. The van der Waals surface area contributed by atoms with Gasteiger partial charge in [-0.15, -0.1) is 11.3 Å².